The van der Waals surface area contributed by atoms with Gasteiger partial charge in [-0.2, -0.15) is 0 Å². The lowest BCUT2D eigenvalue weighted by Crippen LogP contribution is -2.49. The first-order valence-corrected chi connectivity index (χ1v) is 6.87. The van der Waals surface area contributed by atoms with Crippen molar-refractivity contribution < 1.29 is 19.4 Å². The molecule has 5 heteroatoms. The van der Waals surface area contributed by atoms with Crippen molar-refractivity contribution in [1.82, 2.24) is 5.32 Å². The van der Waals surface area contributed by atoms with Crippen molar-refractivity contribution in [2.24, 2.45) is 0 Å². The molecule has 0 radical (unpaired) electrons. The first-order valence-electron chi connectivity index (χ1n) is 6.87. The van der Waals surface area contributed by atoms with Crippen LogP contribution in [-0.2, 0) is 27.2 Å². The van der Waals surface area contributed by atoms with E-state index in [2.05, 4.69) is 5.32 Å². The van der Waals surface area contributed by atoms with Crippen LogP contribution in [0.4, 0.5) is 0 Å². The smallest absolute Gasteiger partial charge is 0.348 e. The van der Waals surface area contributed by atoms with Crippen molar-refractivity contribution in [3.8, 4) is 0 Å². The Hall–Kier alpha value is -1.88. The highest BCUT2D eigenvalue weighted by Gasteiger charge is 2.68. The number of rotatable bonds is 4. The minimum atomic E-state index is -1.66. The maximum Gasteiger partial charge on any atom is 0.348 e. The molecule has 3 rings (SSSR count). The standard InChI is InChI=1S/C15H17NO4/c1-2-12-15(20-12,14(18)19)13(17)16-11-7-9-5-3-4-6-10(9)8-11/h3-6,11-12H,2,7-8H2,1H3,(H,16,17)(H,18,19)/t12-,15-/m1/s1. The van der Waals surface area contributed by atoms with Crippen LogP contribution < -0.4 is 5.32 Å². The molecule has 1 aliphatic heterocycles. The van der Waals surface area contributed by atoms with Crippen LogP contribution in [0.15, 0.2) is 24.3 Å². The minimum absolute atomic E-state index is 0.0437. The summed E-state index contributed by atoms with van der Waals surface area (Å²) in [5.41, 5.74) is 0.764. The zero-order valence-corrected chi connectivity index (χ0v) is 11.3. The molecule has 1 fully saturated rings. The predicted octanol–water partition coefficient (Wildman–Crippen LogP) is 0.902. The first kappa shape index (κ1) is 13.1. The number of nitrogens with one attached hydrogen (secondary N) is 1. The van der Waals surface area contributed by atoms with Crippen molar-refractivity contribution in [2.75, 3.05) is 0 Å². The van der Waals surface area contributed by atoms with E-state index in [1.807, 2.05) is 31.2 Å². The Morgan fingerprint density at radius 1 is 1.35 bits per heavy atom. The summed E-state index contributed by atoms with van der Waals surface area (Å²) in [5, 5.41) is 12.1. The summed E-state index contributed by atoms with van der Waals surface area (Å²) in [6.45, 7) is 1.81. The number of carbonyl (C=O) groups is 2. The molecule has 20 heavy (non-hydrogen) atoms. The van der Waals surface area contributed by atoms with Gasteiger partial charge >= 0.3 is 5.97 Å². The van der Waals surface area contributed by atoms with Gasteiger partial charge in [-0.15, -0.1) is 0 Å². The van der Waals surface area contributed by atoms with E-state index in [1.54, 1.807) is 0 Å². The summed E-state index contributed by atoms with van der Waals surface area (Å²) < 4.78 is 5.15. The molecule has 0 unspecified atom stereocenters. The fraction of sp³-hybridized carbons (Fsp3) is 0.467. The second kappa shape index (κ2) is 4.59. The van der Waals surface area contributed by atoms with Gasteiger partial charge in [0.2, 0.25) is 0 Å². The van der Waals surface area contributed by atoms with E-state index in [-0.39, 0.29) is 6.04 Å². The summed E-state index contributed by atoms with van der Waals surface area (Å²) in [6.07, 6.45) is 1.50. The maximum absolute atomic E-state index is 12.2. The van der Waals surface area contributed by atoms with Gasteiger partial charge in [0.1, 0.15) is 6.10 Å². The fourth-order valence-electron chi connectivity index (χ4n) is 3.00. The van der Waals surface area contributed by atoms with Crippen LogP contribution in [0.3, 0.4) is 0 Å². The van der Waals surface area contributed by atoms with Gasteiger partial charge in [-0.05, 0) is 30.4 Å². The molecule has 1 aliphatic carbocycles. The Morgan fingerprint density at radius 2 is 1.95 bits per heavy atom. The third-order valence-electron chi connectivity index (χ3n) is 4.14. The Morgan fingerprint density at radius 3 is 2.40 bits per heavy atom. The molecule has 2 atom stereocenters. The number of ether oxygens (including phenoxy) is 1. The summed E-state index contributed by atoms with van der Waals surface area (Å²) in [7, 11) is 0. The molecule has 0 aromatic heterocycles. The van der Waals surface area contributed by atoms with Gasteiger partial charge in [-0.3, -0.25) is 4.79 Å². The molecule has 1 amide bonds. The van der Waals surface area contributed by atoms with Crippen molar-refractivity contribution in [3.63, 3.8) is 0 Å². The number of hydrogen-bond acceptors (Lipinski definition) is 3. The van der Waals surface area contributed by atoms with Crippen LogP contribution in [0.25, 0.3) is 0 Å². The molecule has 1 aromatic carbocycles. The lowest BCUT2D eigenvalue weighted by Gasteiger charge is -2.14. The van der Waals surface area contributed by atoms with Crippen LogP contribution in [0.5, 0.6) is 0 Å². The molecule has 2 aliphatic rings. The van der Waals surface area contributed by atoms with Crippen LogP contribution in [0, 0.1) is 0 Å². The van der Waals surface area contributed by atoms with Gasteiger partial charge in [0.05, 0.1) is 0 Å². The van der Waals surface area contributed by atoms with Crippen molar-refractivity contribution in [2.45, 2.75) is 43.9 Å². The number of amides is 1. The van der Waals surface area contributed by atoms with Gasteiger partial charge in [-0.25, -0.2) is 4.79 Å². The Kier molecular flexibility index (Phi) is 3.01. The molecule has 106 valence electrons. The predicted molar refractivity (Wildman–Crippen MR) is 71.3 cm³/mol. The second-order valence-electron chi connectivity index (χ2n) is 5.40. The van der Waals surface area contributed by atoms with E-state index in [1.165, 1.54) is 11.1 Å². The highest BCUT2D eigenvalue weighted by Crippen LogP contribution is 2.39. The number of benzene rings is 1. The lowest BCUT2D eigenvalue weighted by atomic mass is 10.0. The van der Waals surface area contributed by atoms with Crippen LogP contribution in [0.2, 0.25) is 0 Å². The average Bonchev–Trinajstić information content (AvgIpc) is 3.05. The van der Waals surface area contributed by atoms with Gasteiger partial charge in [0.25, 0.3) is 11.5 Å². The summed E-state index contributed by atoms with van der Waals surface area (Å²) in [5.74, 6) is -1.72. The number of carboxylic acids is 1. The minimum Gasteiger partial charge on any atom is -0.479 e. The van der Waals surface area contributed by atoms with Crippen LogP contribution >= 0.6 is 0 Å². The topological polar surface area (TPSA) is 78.9 Å². The molecule has 0 spiro atoms. The Balaban J connectivity index is 1.68. The second-order valence-corrected chi connectivity index (χ2v) is 5.40. The molecular weight excluding hydrogens is 258 g/mol. The third kappa shape index (κ3) is 1.89. The van der Waals surface area contributed by atoms with E-state index in [4.69, 9.17) is 4.74 Å². The van der Waals surface area contributed by atoms with Gasteiger partial charge < -0.3 is 15.2 Å². The average molecular weight is 275 g/mol. The van der Waals surface area contributed by atoms with E-state index < -0.39 is 23.6 Å². The monoisotopic (exact) mass is 275 g/mol. The quantitative estimate of drug-likeness (QED) is 0.632. The molecule has 1 aromatic rings. The number of carbonyl (C=O) groups excluding carboxylic acids is 1. The zero-order valence-electron chi connectivity index (χ0n) is 11.3. The lowest BCUT2D eigenvalue weighted by molar-refractivity contribution is -0.149. The first-order chi connectivity index (χ1) is 9.57. The Bertz CT molecular complexity index is 546. The number of carboxylic acid groups (broad SMARTS) is 1. The number of aliphatic carboxylic acids is 1. The molecule has 2 N–H and O–H groups in total. The SMILES string of the molecule is CC[C@H]1O[C@@]1(C(=O)O)C(=O)NC1Cc2ccccc2C1. The van der Waals surface area contributed by atoms with E-state index in [0.29, 0.717) is 6.42 Å². The molecular formula is C15H17NO4. The summed E-state index contributed by atoms with van der Waals surface area (Å²) in [4.78, 5) is 23.5. The number of hydrogen-bond donors (Lipinski definition) is 2. The van der Waals surface area contributed by atoms with E-state index in [0.717, 1.165) is 12.8 Å². The highest BCUT2D eigenvalue weighted by molar-refractivity contribution is 6.09. The normalized spacial score (nSPS) is 27.9. The maximum atomic E-state index is 12.2. The zero-order chi connectivity index (χ0) is 14.3. The summed E-state index contributed by atoms with van der Waals surface area (Å²) >= 11 is 0. The van der Waals surface area contributed by atoms with Crippen LogP contribution in [-0.4, -0.2) is 34.7 Å². The van der Waals surface area contributed by atoms with Gasteiger partial charge in [-0.1, -0.05) is 31.2 Å². The number of fused-ring (bicyclic) bond motifs is 1. The van der Waals surface area contributed by atoms with Crippen molar-refractivity contribution >= 4 is 11.9 Å². The molecule has 1 heterocycles. The van der Waals surface area contributed by atoms with Crippen molar-refractivity contribution in [1.29, 1.82) is 0 Å². The molecule has 1 saturated heterocycles. The molecule has 0 bridgehead atoms. The molecule has 0 saturated carbocycles. The third-order valence-corrected chi connectivity index (χ3v) is 4.14. The summed E-state index contributed by atoms with van der Waals surface area (Å²) in [6, 6.07) is 7.98. The Labute approximate surface area is 116 Å². The van der Waals surface area contributed by atoms with E-state index >= 15 is 0 Å². The largest absolute Gasteiger partial charge is 0.479 e. The van der Waals surface area contributed by atoms with E-state index in [9.17, 15) is 14.7 Å². The number of epoxide rings is 1. The van der Waals surface area contributed by atoms with Gasteiger partial charge in [0, 0.05) is 6.04 Å². The fourth-order valence-corrected chi connectivity index (χ4v) is 3.00. The van der Waals surface area contributed by atoms with Crippen molar-refractivity contribution in [3.05, 3.63) is 35.4 Å². The van der Waals surface area contributed by atoms with Gasteiger partial charge in [0.15, 0.2) is 0 Å². The van der Waals surface area contributed by atoms with Crippen LogP contribution in [0.1, 0.15) is 24.5 Å². The highest BCUT2D eigenvalue weighted by atomic mass is 16.6. The molecule has 5 nitrogen and oxygen atoms in total.